The lowest BCUT2D eigenvalue weighted by molar-refractivity contribution is 0.468. The van der Waals surface area contributed by atoms with E-state index in [2.05, 4.69) is 44.7 Å². The molecule has 0 aliphatic rings. The van der Waals surface area contributed by atoms with Crippen LogP contribution < -0.4 is 0 Å². The van der Waals surface area contributed by atoms with E-state index in [1.165, 1.54) is 0 Å². The minimum absolute atomic E-state index is 0.221. The molecule has 2 aromatic carbocycles. The zero-order chi connectivity index (χ0) is 15.5. The molecule has 0 spiro atoms. The Bertz CT molecular complexity index is 785. The highest BCUT2D eigenvalue weighted by atomic mass is 15.5. The molecule has 0 aliphatic heterocycles. The second kappa shape index (κ2) is 5.98. The van der Waals surface area contributed by atoms with Gasteiger partial charge in [-0.05, 0) is 25.5 Å². The lowest BCUT2D eigenvalue weighted by Crippen LogP contribution is -2.04. The van der Waals surface area contributed by atoms with E-state index in [4.69, 9.17) is 10.2 Å². The Hall–Kier alpha value is -2.68. The maximum Gasteiger partial charge on any atom is 0.121 e. The van der Waals surface area contributed by atoms with Crippen molar-refractivity contribution in [1.29, 1.82) is 0 Å². The minimum Gasteiger partial charge on any atom is -0.181 e. The molecule has 3 nitrogen and oxygen atoms in total. The first kappa shape index (κ1) is 14.3. The molecule has 0 saturated heterocycles. The van der Waals surface area contributed by atoms with Crippen LogP contribution >= 0.6 is 0 Å². The second-order valence-electron chi connectivity index (χ2n) is 5.51. The van der Waals surface area contributed by atoms with Crippen molar-refractivity contribution in [3.63, 3.8) is 0 Å². The molecule has 0 atom stereocenters. The molecule has 1 aromatic heterocycles. The summed E-state index contributed by atoms with van der Waals surface area (Å²) in [6, 6.07) is 18.6. The first-order valence-corrected chi connectivity index (χ1v) is 7.44. The third-order valence-electron chi connectivity index (χ3n) is 3.53. The number of hydrogen-bond donors (Lipinski definition) is 0. The zero-order valence-electron chi connectivity index (χ0n) is 12.9. The summed E-state index contributed by atoms with van der Waals surface area (Å²) in [4.78, 5) is 1.78. The van der Waals surface area contributed by atoms with Crippen molar-refractivity contribution in [2.45, 2.75) is 19.9 Å². The molecule has 0 unspecified atom stereocenters. The van der Waals surface area contributed by atoms with Gasteiger partial charge in [0.15, 0.2) is 0 Å². The van der Waals surface area contributed by atoms with Crippen LogP contribution in [0.4, 0.5) is 0 Å². The van der Waals surface area contributed by atoms with Gasteiger partial charge < -0.3 is 0 Å². The largest absolute Gasteiger partial charge is 0.181 e. The van der Waals surface area contributed by atoms with Gasteiger partial charge in [-0.25, -0.2) is 0 Å². The minimum atomic E-state index is 0.221. The van der Waals surface area contributed by atoms with Crippen molar-refractivity contribution in [3.05, 3.63) is 66.7 Å². The molecule has 0 bridgehead atoms. The Morgan fingerprint density at radius 3 is 2.18 bits per heavy atom. The average Bonchev–Trinajstić information content (AvgIpc) is 3.01. The quantitative estimate of drug-likeness (QED) is 0.688. The van der Waals surface area contributed by atoms with E-state index in [9.17, 15) is 0 Å². The third-order valence-corrected chi connectivity index (χ3v) is 3.53. The zero-order valence-corrected chi connectivity index (χ0v) is 12.9. The molecule has 0 N–H and O–H groups in total. The van der Waals surface area contributed by atoms with Crippen LogP contribution in [0.15, 0.2) is 61.2 Å². The maximum atomic E-state index is 4.70. The van der Waals surface area contributed by atoms with Crippen molar-refractivity contribution < 1.29 is 0 Å². The van der Waals surface area contributed by atoms with E-state index >= 15 is 0 Å². The molecular weight excluding hydrogens is 270 g/mol. The number of hydrogen-bond acceptors (Lipinski definition) is 2. The highest BCUT2D eigenvalue weighted by Crippen LogP contribution is 2.30. The van der Waals surface area contributed by atoms with Crippen molar-refractivity contribution in [3.8, 4) is 22.5 Å². The Balaban J connectivity index is 2.19. The van der Waals surface area contributed by atoms with E-state index < -0.39 is 0 Å². The summed E-state index contributed by atoms with van der Waals surface area (Å²) in [6.45, 7) is 8.00. The van der Waals surface area contributed by atoms with Gasteiger partial charge in [0.05, 0.1) is 6.04 Å². The standard InChI is InChI=1S/C19H19N3/c1-4-15-9-8-12-17(13-15)19-18(16-10-6-5-7-11-16)20-22(21-19)14(2)3/h4-14H,1H2,2-3H3. The fourth-order valence-electron chi connectivity index (χ4n) is 2.35. The molecule has 1 heterocycles. The molecular formula is C19H19N3. The summed E-state index contributed by atoms with van der Waals surface area (Å²) in [5.74, 6) is 0. The number of aromatic nitrogens is 3. The van der Waals surface area contributed by atoms with Crippen molar-refractivity contribution in [1.82, 2.24) is 15.0 Å². The topological polar surface area (TPSA) is 30.7 Å². The second-order valence-corrected chi connectivity index (χ2v) is 5.51. The molecule has 3 rings (SSSR count). The Kier molecular flexibility index (Phi) is 3.88. The van der Waals surface area contributed by atoms with Gasteiger partial charge >= 0.3 is 0 Å². The van der Waals surface area contributed by atoms with Gasteiger partial charge in [0.25, 0.3) is 0 Å². The van der Waals surface area contributed by atoms with E-state index in [0.717, 1.165) is 28.1 Å². The van der Waals surface area contributed by atoms with Crippen molar-refractivity contribution in [2.24, 2.45) is 0 Å². The predicted molar refractivity (Wildman–Crippen MR) is 91.4 cm³/mol. The van der Waals surface area contributed by atoms with Gasteiger partial charge in [-0.2, -0.15) is 15.0 Å². The van der Waals surface area contributed by atoms with Crippen molar-refractivity contribution >= 4 is 6.08 Å². The van der Waals surface area contributed by atoms with Gasteiger partial charge in [-0.3, -0.25) is 0 Å². The predicted octanol–water partition coefficient (Wildman–Crippen LogP) is 4.84. The summed E-state index contributed by atoms with van der Waals surface area (Å²) in [5, 5.41) is 9.39. The van der Waals surface area contributed by atoms with Gasteiger partial charge in [0, 0.05) is 11.1 Å². The summed E-state index contributed by atoms with van der Waals surface area (Å²) in [7, 11) is 0. The lowest BCUT2D eigenvalue weighted by Gasteiger charge is -2.02. The fourth-order valence-corrected chi connectivity index (χ4v) is 2.35. The first-order chi connectivity index (χ1) is 10.7. The normalized spacial score (nSPS) is 10.9. The Labute approximate surface area is 130 Å². The molecule has 0 amide bonds. The number of rotatable bonds is 4. The molecule has 0 aliphatic carbocycles. The van der Waals surface area contributed by atoms with Gasteiger partial charge in [-0.1, -0.05) is 61.2 Å². The molecule has 3 heteroatoms. The van der Waals surface area contributed by atoms with E-state index in [-0.39, 0.29) is 6.04 Å². The monoisotopic (exact) mass is 289 g/mol. The highest BCUT2D eigenvalue weighted by Gasteiger charge is 2.16. The fraction of sp³-hybridized carbons (Fsp3) is 0.158. The Morgan fingerprint density at radius 1 is 0.909 bits per heavy atom. The Morgan fingerprint density at radius 2 is 1.55 bits per heavy atom. The van der Waals surface area contributed by atoms with Crippen LogP contribution in [0.25, 0.3) is 28.6 Å². The van der Waals surface area contributed by atoms with Crippen LogP contribution in [0.2, 0.25) is 0 Å². The lowest BCUT2D eigenvalue weighted by atomic mass is 10.0. The van der Waals surface area contributed by atoms with Crippen LogP contribution in [-0.4, -0.2) is 15.0 Å². The van der Waals surface area contributed by atoms with Gasteiger partial charge in [0.2, 0.25) is 0 Å². The van der Waals surface area contributed by atoms with E-state index in [1.807, 2.05) is 36.4 Å². The summed E-state index contributed by atoms with van der Waals surface area (Å²) in [6.07, 6.45) is 1.85. The van der Waals surface area contributed by atoms with Crippen LogP contribution in [0, 0.1) is 0 Å². The summed E-state index contributed by atoms with van der Waals surface area (Å²) >= 11 is 0. The van der Waals surface area contributed by atoms with Gasteiger partial charge in [-0.15, -0.1) is 0 Å². The summed E-state index contributed by atoms with van der Waals surface area (Å²) in [5.41, 5.74) is 5.03. The molecule has 0 radical (unpaired) electrons. The van der Waals surface area contributed by atoms with E-state index in [1.54, 1.807) is 4.80 Å². The summed E-state index contributed by atoms with van der Waals surface area (Å²) < 4.78 is 0. The van der Waals surface area contributed by atoms with Crippen LogP contribution in [0.1, 0.15) is 25.5 Å². The van der Waals surface area contributed by atoms with E-state index in [0.29, 0.717) is 0 Å². The van der Waals surface area contributed by atoms with Crippen molar-refractivity contribution in [2.75, 3.05) is 0 Å². The van der Waals surface area contributed by atoms with Gasteiger partial charge in [0.1, 0.15) is 11.4 Å². The average molecular weight is 289 g/mol. The first-order valence-electron chi connectivity index (χ1n) is 7.44. The molecule has 3 aromatic rings. The third kappa shape index (κ3) is 2.70. The molecule has 110 valence electrons. The number of nitrogens with zero attached hydrogens (tertiary/aromatic N) is 3. The van der Waals surface area contributed by atoms with Crippen LogP contribution in [0.3, 0.4) is 0 Å². The maximum absolute atomic E-state index is 4.70. The molecule has 22 heavy (non-hydrogen) atoms. The SMILES string of the molecule is C=Cc1cccc(-c2nn(C(C)C)nc2-c2ccccc2)c1. The number of benzene rings is 2. The molecule has 0 fully saturated rings. The van der Waals surface area contributed by atoms with Crippen LogP contribution in [0.5, 0.6) is 0 Å². The highest BCUT2D eigenvalue weighted by molar-refractivity contribution is 5.78. The molecule has 0 saturated carbocycles. The van der Waals surface area contributed by atoms with Crippen LogP contribution in [-0.2, 0) is 0 Å². The smallest absolute Gasteiger partial charge is 0.121 e.